The Morgan fingerprint density at radius 2 is 1.84 bits per heavy atom. The van der Waals surface area contributed by atoms with E-state index in [2.05, 4.69) is 15.2 Å². The molecule has 5 N–H and O–H groups in total. The Morgan fingerprint density at radius 3 is 2.55 bits per heavy atom. The number of fused-ring (bicyclic) bond motifs is 1. The number of nitrogens with zero attached hydrogens (tertiary/aromatic N) is 5. The highest BCUT2D eigenvalue weighted by atomic mass is 19.1. The summed E-state index contributed by atoms with van der Waals surface area (Å²) in [5, 5.41) is 56.2. The second-order valence-corrected chi connectivity index (χ2v) is 8.46. The Bertz CT molecular complexity index is 1540. The van der Waals surface area contributed by atoms with Crippen molar-refractivity contribution in [2.75, 3.05) is 6.61 Å². The number of aliphatic hydroxyl groups is 4. The van der Waals surface area contributed by atoms with E-state index in [9.17, 15) is 29.2 Å². The quantitative estimate of drug-likeness (QED) is 0.218. The summed E-state index contributed by atoms with van der Waals surface area (Å²) in [4.78, 5) is 4.22. The van der Waals surface area contributed by atoms with Crippen molar-refractivity contribution < 1.29 is 38.7 Å². The van der Waals surface area contributed by atoms with Crippen molar-refractivity contribution in [3.63, 3.8) is 0 Å². The van der Waals surface area contributed by atoms with Crippen LogP contribution < -0.4 is 10.2 Å². The number of aromatic nitrogens is 4. The topological polar surface area (TPSA) is 171 Å². The van der Waals surface area contributed by atoms with Crippen LogP contribution in [-0.4, -0.2) is 83.4 Å². The Morgan fingerprint density at radius 1 is 1.08 bits per heavy atom. The first-order valence-corrected chi connectivity index (χ1v) is 11.3. The first kappa shape index (κ1) is 25.6. The van der Waals surface area contributed by atoms with Crippen molar-refractivity contribution in [3.05, 3.63) is 77.7 Å². The monoisotopic (exact) mass is 528 g/mol. The molecule has 1 saturated heterocycles. The molecule has 5 rings (SSSR count). The van der Waals surface area contributed by atoms with Crippen LogP contribution in [0.3, 0.4) is 0 Å². The zero-order chi connectivity index (χ0) is 27.0. The minimum absolute atomic E-state index is 0.0134. The van der Waals surface area contributed by atoms with Gasteiger partial charge in [0.05, 0.1) is 24.4 Å². The first-order chi connectivity index (χ1) is 18.3. The summed E-state index contributed by atoms with van der Waals surface area (Å²) in [6, 6.07) is 9.43. The molecule has 1 fully saturated rings. The van der Waals surface area contributed by atoms with Gasteiger partial charge in [-0.25, -0.2) is 23.1 Å². The molecule has 2 aromatic carbocycles. The molecule has 2 aromatic heterocycles. The normalized spacial score (nSPS) is 23.8. The average molecular weight is 528 g/mol. The first-order valence-electron chi connectivity index (χ1n) is 11.3. The number of aliphatic hydroxyl groups excluding tert-OH is 4. The van der Waals surface area contributed by atoms with Gasteiger partial charge in [0.1, 0.15) is 48.0 Å². The molecule has 198 valence electrons. The third kappa shape index (κ3) is 4.78. The molecule has 0 saturated carbocycles. The number of nitrogens with one attached hydrogen (secondary N) is 1. The molecule has 4 aromatic rings. The fourth-order valence-corrected chi connectivity index (χ4v) is 3.90. The minimum Gasteiger partial charge on any atom is -0.462 e. The van der Waals surface area contributed by atoms with Gasteiger partial charge in [0.25, 0.3) is 0 Å². The lowest BCUT2D eigenvalue weighted by Crippen LogP contribution is -2.60. The second kappa shape index (κ2) is 10.4. The van der Waals surface area contributed by atoms with E-state index in [0.29, 0.717) is 5.56 Å². The van der Waals surface area contributed by atoms with Gasteiger partial charge in [-0.05, 0) is 42.0 Å². The maximum atomic E-state index is 14.2. The maximum Gasteiger partial charge on any atom is 0.229 e. The van der Waals surface area contributed by atoms with E-state index in [1.165, 1.54) is 34.2 Å². The molecule has 1 aliphatic heterocycles. The highest BCUT2D eigenvalue weighted by molar-refractivity contribution is 5.80. The molecule has 1 aliphatic rings. The number of benzene rings is 2. The predicted molar refractivity (Wildman–Crippen MR) is 126 cm³/mol. The van der Waals surface area contributed by atoms with Crippen LogP contribution in [0.1, 0.15) is 5.56 Å². The molecule has 0 spiro atoms. The maximum absolute atomic E-state index is 14.2. The van der Waals surface area contributed by atoms with E-state index >= 15 is 0 Å². The van der Waals surface area contributed by atoms with Crippen LogP contribution in [-0.2, 0) is 4.74 Å². The Hall–Kier alpha value is -4.08. The van der Waals surface area contributed by atoms with Gasteiger partial charge in [-0.1, -0.05) is 0 Å². The summed E-state index contributed by atoms with van der Waals surface area (Å²) in [6.07, 6.45) is -2.93. The fraction of sp³-hybridized carbons (Fsp3) is 0.250. The van der Waals surface area contributed by atoms with Gasteiger partial charge >= 0.3 is 0 Å². The van der Waals surface area contributed by atoms with E-state index in [4.69, 9.17) is 14.9 Å². The largest absolute Gasteiger partial charge is 0.462 e. The third-order valence-corrected chi connectivity index (χ3v) is 5.97. The van der Waals surface area contributed by atoms with Gasteiger partial charge in [0.2, 0.25) is 6.29 Å². The van der Waals surface area contributed by atoms with Crippen LogP contribution in [0.2, 0.25) is 0 Å². The van der Waals surface area contributed by atoms with Crippen molar-refractivity contribution in [3.8, 4) is 11.4 Å². The number of ether oxygens (including phenoxy) is 2. The van der Waals surface area contributed by atoms with Gasteiger partial charge in [-0.15, -0.1) is 0 Å². The second-order valence-electron chi connectivity index (χ2n) is 8.46. The van der Waals surface area contributed by atoms with E-state index in [1.807, 2.05) is 0 Å². The molecular weight excluding hydrogens is 506 g/mol. The van der Waals surface area contributed by atoms with Gasteiger partial charge < -0.3 is 29.9 Å². The van der Waals surface area contributed by atoms with Crippen LogP contribution in [0.15, 0.2) is 60.1 Å². The van der Waals surface area contributed by atoms with E-state index in [0.717, 1.165) is 12.1 Å². The van der Waals surface area contributed by atoms with Crippen molar-refractivity contribution in [2.24, 2.45) is 5.10 Å². The zero-order valence-electron chi connectivity index (χ0n) is 19.5. The summed E-state index contributed by atoms with van der Waals surface area (Å²) < 4.78 is 40.7. The fourth-order valence-electron chi connectivity index (χ4n) is 3.90. The summed E-state index contributed by atoms with van der Waals surface area (Å²) in [5.74, 6) is -1.27. The summed E-state index contributed by atoms with van der Waals surface area (Å²) in [7, 11) is 0. The average Bonchev–Trinajstić information content (AvgIpc) is 3.34. The highest BCUT2D eigenvalue weighted by Crippen LogP contribution is 2.24. The van der Waals surface area contributed by atoms with Crippen LogP contribution in [0.25, 0.3) is 16.7 Å². The number of hydrogen-bond acceptors (Lipinski definition) is 10. The molecule has 3 heterocycles. The van der Waals surface area contributed by atoms with Crippen LogP contribution in [0.4, 0.5) is 8.78 Å². The van der Waals surface area contributed by atoms with E-state index in [1.54, 1.807) is 24.3 Å². The third-order valence-electron chi connectivity index (χ3n) is 5.97. The van der Waals surface area contributed by atoms with Crippen molar-refractivity contribution >= 4 is 17.2 Å². The molecular formula is C24H22F2N6O6. The minimum atomic E-state index is -1.55. The summed E-state index contributed by atoms with van der Waals surface area (Å²) in [5.41, 5.74) is 0.729. The molecule has 12 nitrogen and oxygen atoms in total. The van der Waals surface area contributed by atoms with Crippen LogP contribution >= 0.6 is 0 Å². The smallest absolute Gasteiger partial charge is 0.229 e. The Labute approximate surface area is 212 Å². The molecule has 14 heteroatoms. The van der Waals surface area contributed by atoms with E-state index in [-0.39, 0.29) is 28.0 Å². The zero-order valence-corrected chi connectivity index (χ0v) is 19.5. The SMILES string of the molecule is N=c1c2cnn(-c3ccc(F)cc3F)c2ncn1/N=C\c1ccc(OC2OC(CO)C(O)C(O)C2O)cc1. The Kier molecular flexibility index (Phi) is 6.96. The van der Waals surface area contributed by atoms with E-state index < -0.39 is 48.9 Å². The standard InChI is InChI=1S/C24H22F2N6O6/c25-13-3-6-17(16(26)7-13)32-23-15(9-30-32)22(27)31(11-28-23)29-8-12-1-4-14(5-2-12)37-24-21(36)20(35)19(34)18(10-33)38-24/h1-9,11,18-21,24,27,33-36H,10H2/b27-22?,29-8-. The van der Waals surface area contributed by atoms with Crippen LogP contribution in [0.5, 0.6) is 5.75 Å². The van der Waals surface area contributed by atoms with Crippen molar-refractivity contribution in [1.29, 1.82) is 5.41 Å². The molecule has 5 atom stereocenters. The van der Waals surface area contributed by atoms with Gasteiger partial charge in [0, 0.05) is 6.07 Å². The molecule has 5 unspecified atom stereocenters. The van der Waals surface area contributed by atoms with Crippen molar-refractivity contribution in [1.82, 2.24) is 19.4 Å². The van der Waals surface area contributed by atoms with Gasteiger partial charge in [-0.2, -0.15) is 10.2 Å². The molecule has 0 amide bonds. The predicted octanol–water partition coefficient (Wildman–Crippen LogP) is 0.0406. The summed E-state index contributed by atoms with van der Waals surface area (Å²) >= 11 is 0. The van der Waals surface area contributed by atoms with Crippen molar-refractivity contribution in [2.45, 2.75) is 30.7 Å². The summed E-state index contributed by atoms with van der Waals surface area (Å²) in [6.45, 7) is -0.569. The lowest BCUT2D eigenvalue weighted by atomic mass is 9.99. The van der Waals surface area contributed by atoms with Crippen LogP contribution in [0, 0.1) is 17.0 Å². The lowest BCUT2D eigenvalue weighted by molar-refractivity contribution is -0.277. The number of rotatable bonds is 6. The Balaban J connectivity index is 1.32. The molecule has 0 bridgehead atoms. The highest BCUT2D eigenvalue weighted by Gasteiger charge is 2.44. The number of halogens is 2. The molecule has 0 aliphatic carbocycles. The van der Waals surface area contributed by atoms with Gasteiger partial charge in [-0.3, -0.25) is 5.41 Å². The van der Waals surface area contributed by atoms with Gasteiger partial charge in [0.15, 0.2) is 17.0 Å². The lowest BCUT2D eigenvalue weighted by Gasteiger charge is -2.39. The molecule has 0 radical (unpaired) electrons. The molecule has 38 heavy (non-hydrogen) atoms. The number of hydrogen-bond donors (Lipinski definition) is 5.